The van der Waals surface area contributed by atoms with E-state index in [0.717, 1.165) is 0 Å². The zero-order valence-corrected chi connectivity index (χ0v) is 9.72. The van der Waals surface area contributed by atoms with E-state index in [4.69, 9.17) is 25.5 Å². The van der Waals surface area contributed by atoms with Crippen LogP contribution in [-0.2, 0) is 24.0 Å². The van der Waals surface area contributed by atoms with Crippen molar-refractivity contribution in [1.29, 1.82) is 0 Å². The van der Waals surface area contributed by atoms with Crippen molar-refractivity contribution in [1.82, 2.24) is 0 Å². The van der Waals surface area contributed by atoms with Crippen LogP contribution >= 0.6 is 0 Å². The van der Waals surface area contributed by atoms with Crippen LogP contribution in [0.15, 0.2) is 23.8 Å². The van der Waals surface area contributed by atoms with Gasteiger partial charge in [-0.25, -0.2) is 19.2 Å². The molecule has 0 fully saturated rings. The van der Waals surface area contributed by atoms with Gasteiger partial charge in [0, 0.05) is 18.2 Å². The summed E-state index contributed by atoms with van der Waals surface area (Å²) in [4.78, 5) is 49.2. The lowest BCUT2D eigenvalue weighted by Crippen LogP contribution is -2.08. The van der Waals surface area contributed by atoms with Crippen LogP contribution in [0.5, 0.6) is 0 Å². The minimum atomic E-state index is -1.54. The molecule has 0 bridgehead atoms. The first-order valence-electron chi connectivity index (χ1n) is 4.58. The Labute approximate surface area is 110 Å². The van der Waals surface area contributed by atoms with E-state index in [1.165, 1.54) is 0 Å². The molecule has 0 atom stereocenters. The van der Waals surface area contributed by atoms with E-state index in [1.54, 1.807) is 0 Å². The fraction of sp³-hybridized carbons (Fsp3) is 0.100. The van der Waals surface area contributed by atoms with Gasteiger partial charge in [0.25, 0.3) is 0 Å². The molecular weight excluding hydrogens is 280 g/mol. The molecule has 0 unspecified atom stereocenters. The second kappa shape index (κ2) is 9.82. The van der Waals surface area contributed by atoms with Crippen molar-refractivity contribution in [2.24, 2.45) is 0 Å². The molecule has 5 N–H and O–H groups in total. The number of hydrogen-bond acceptors (Lipinski definition) is 5. The van der Waals surface area contributed by atoms with Gasteiger partial charge in [-0.05, 0) is 0 Å². The number of hydrogen-bond donors (Lipinski definition) is 5. The van der Waals surface area contributed by atoms with E-state index in [1.807, 2.05) is 0 Å². The summed E-state index contributed by atoms with van der Waals surface area (Å²) < 4.78 is 0. The third-order valence-electron chi connectivity index (χ3n) is 1.28. The van der Waals surface area contributed by atoms with Crippen molar-refractivity contribution in [3.05, 3.63) is 23.8 Å². The predicted octanol–water partition coefficient (Wildman–Crippen LogP) is -0.732. The summed E-state index contributed by atoms with van der Waals surface area (Å²) >= 11 is 0. The number of carboxylic acids is 5. The Morgan fingerprint density at radius 1 is 0.700 bits per heavy atom. The molecule has 0 aromatic carbocycles. The molecule has 0 aliphatic carbocycles. The molecule has 10 heteroatoms. The maximum Gasteiger partial charge on any atom is 0.332 e. The smallest absolute Gasteiger partial charge is 0.332 e. The van der Waals surface area contributed by atoms with Crippen LogP contribution in [0, 0.1) is 0 Å². The van der Waals surface area contributed by atoms with Crippen LogP contribution in [-0.4, -0.2) is 55.4 Å². The molecule has 0 rings (SSSR count). The third-order valence-corrected chi connectivity index (χ3v) is 1.28. The third kappa shape index (κ3) is 14.8. The van der Waals surface area contributed by atoms with Gasteiger partial charge in [-0.15, -0.1) is 0 Å². The van der Waals surface area contributed by atoms with Crippen molar-refractivity contribution in [3.63, 3.8) is 0 Å². The lowest BCUT2D eigenvalue weighted by Gasteiger charge is -1.94. The maximum absolute atomic E-state index is 10.2. The highest BCUT2D eigenvalue weighted by Crippen LogP contribution is 2.00. The molecule has 0 spiro atoms. The van der Waals surface area contributed by atoms with E-state index in [0.29, 0.717) is 18.2 Å². The normalized spacial score (nSPS) is 10.3. The fourth-order valence-corrected chi connectivity index (χ4v) is 0.643. The monoisotopic (exact) mass is 290 g/mol. The molecule has 0 aromatic rings. The number of rotatable bonds is 6. The van der Waals surface area contributed by atoms with Crippen LogP contribution in [0.3, 0.4) is 0 Å². The van der Waals surface area contributed by atoms with E-state index < -0.39 is 41.8 Å². The van der Waals surface area contributed by atoms with Gasteiger partial charge in [0.2, 0.25) is 0 Å². The Balaban J connectivity index is 0. The molecule has 0 aliphatic heterocycles. The van der Waals surface area contributed by atoms with Gasteiger partial charge in [-0.3, -0.25) is 4.79 Å². The van der Waals surface area contributed by atoms with Crippen molar-refractivity contribution >= 4 is 29.8 Å². The molecular formula is C10H10O10. The Kier molecular flexibility index (Phi) is 9.41. The topological polar surface area (TPSA) is 186 Å². The van der Waals surface area contributed by atoms with Gasteiger partial charge in [0.1, 0.15) is 0 Å². The van der Waals surface area contributed by atoms with E-state index in [-0.39, 0.29) is 0 Å². The Hall–Kier alpha value is -3.17. The quantitative estimate of drug-likeness (QED) is 0.390. The zero-order chi connectivity index (χ0) is 16.3. The minimum Gasteiger partial charge on any atom is -0.481 e. The average molecular weight is 290 g/mol. The van der Waals surface area contributed by atoms with Gasteiger partial charge in [-0.2, -0.15) is 0 Å². The molecule has 0 amide bonds. The molecule has 0 heterocycles. The molecule has 10 nitrogen and oxygen atoms in total. The van der Waals surface area contributed by atoms with Crippen LogP contribution in [0.4, 0.5) is 0 Å². The fourth-order valence-electron chi connectivity index (χ4n) is 0.643. The minimum absolute atomic E-state index is 0.358. The van der Waals surface area contributed by atoms with Crippen molar-refractivity contribution < 1.29 is 49.5 Å². The molecule has 0 aromatic heterocycles. The number of carbonyl (C=O) groups is 5. The Morgan fingerprint density at radius 2 is 1.10 bits per heavy atom. The lowest BCUT2D eigenvalue weighted by atomic mass is 10.2. The summed E-state index contributed by atoms with van der Waals surface area (Å²) in [5.74, 6) is -6.92. The average Bonchev–Trinajstić information content (AvgIpc) is 2.25. The first-order chi connectivity index (χ1) is 9.06. The van der Waals surface area contributed by atoms with Gasteiger partial charge in [0.15, 0.2) is 0 Å². The van der Waals surface area contributed by atoms with Crippen LogP contribution in [0.2, 0.25) is 0 Å². The van der Waals surface area contributed by atoms with E-state index in [9.17, 15) is 24.0 Å². The Bertz CT molecular complexity index is 454. The summed E-state index contributed by atoms with van der Waals surface area (Å²) in [6.45, 7) is 0. The van der Waals surface area contributed by atoms with E-state index >= 15 is 0 Å². The molecule has 0 saturated carbocycles. The standard InChI is InChI=1S/C6H6O6.C4H4O4/c7-4(8)1-3(6(11)12)2-5(9)10;5-3(6)1-2-4(7)8/h1H,2H2,(H,7,8)(H,9,10)(H,11,12);1-2H,(H,5,6)(H,7,8)/b;2-1-. The first kappa shape index (κ1) is 19.2. The van der Waals surface area contributed by atoms with Crippen molar-refractivity contribution in [2.45, 2.75) is 6.42 Å². The van der Waals surface area contributed by atoms with Crippen LogP contribution in [0.25, 0.3) is 0 Å². The SMILES string of the molecule is O=C(O)/C=C\C(=O)O.O=C(O)C=C(CC(=O)O)C(=O)O. The van der Waals surface area contributed by atoms with Gasteiger partial charge >= 0.3 is 29.8 Å². The van der Waals surface area contributed by atoms with Crippen molar-refractivity contribution in [2.75, 3.05) is 0 Å². The van der Waals surface area contributed by atoms with Crippen LogP contribution in [0.1, 0.15) is 6.42 Å². The molecule has 0 saturated heterocycles. The first-order valence-corrected chi connectivity index (χ1v) is 4.58. The predicted molar refractivity (Wildman–Crippen MR) is 60.0 cm³/mol. The van der Waals surface area contributed by atoms with Crippen molar-refractivity contribution in [3.8, 4) is 0 Å². The largest absolute Gasteiger partial charge is 0.481 e. The summed E-state index contributed by atoms with van der Waals surface area (Å²) in [7, 11) is 0. The summed E-state index contributed by atoms with van der Waals surface area (Å²) in [6.07, 6.45) is 0.669. The van der Waals surface area contributed by atoms with Gasteiger partial charge in [-0.1, -0.05) is 0 Å². The molecule has 110 valence electrons. The Morgan fingerprint density at radius 3 is 1.30 bits per heavy atom. The highest BCUT2D eigenvalue weighted by atomic mass is 16.4. The molecule has 0 aliphatic rings. The summed E-state index contributed by atoms with van der Waals surface area (Å²) in [5, 5.41) is 40.2. The highest BCUT2D eigenvalue weighted by molar-refractivity contribution is 5.98. The van der Waals surface area contributed by atoms with Crippen LogP contribution < -0.4 is 0 Å². The second-order valence-electron chi connectivity index (χ2n) is 2.89. The lowest BCUT2D eigenvalue weighted by molar-refractivity contribution is -0.140. The number of carboxylic acid groups (broad SMARTS) is 5. The second-order valence-corrected chi connectivity index (χ2v) is 2.89. The molecule has 0 radical (unpaired) electrons. The zero-order valence-electron chi connectivity index (χ0n) is 9.72. The van der Waals surface area contributed by atoms with Gasteiger partial charge < -0.3 is 25.5 Å². The molecule has 20 heavy (non-hydrogen) atoms. The number of aliphatic carboxylic acids is 5. The van der Waals surface area contributed by atoms with Gasteiger partial charge in [0.05, 0.1) is 12.0 Å². The van der Waals surface area contributed by atoms with E-state index in [2.05, 4.69) is 0 Å². The summed E-state index contributed by atoms with van der Waals surface area (Å²) in [6, 6.07) is 0. The highest BCUT2D eigenvalue weighted by Gasteiger charge is 2.12. The maximum atomic E-state index is 10.2. The summed E-state index contributed by atoms with van der Waals surface area (Å²) in [5.41, 5.74) is -0.657.